The van der Waals surface area contributed by atoms with E-state index in [2.05, 4.69) is 15.3 Å². The maximum atomic E-state index is 11.8. The largest absolute Gasteiger partial charge is 0.444 e. The van der Waals surface area contributed by atoms with E-state index in [9.17, 15) is 4.79 Å². The molecule has 6 nitrogen and oxygen atoms in total. The Balaban J connectivity index is 2.28. The minimum atomic E-state index is -0.464. The van der Waals surface area contributed by atoms with Crippen molar-refractivity contribution in [2.45, 2.75) is 13.8 Å². The van der Waals surface area contributed by atoms with Gasteiger partial charge in [-0.3, -0.25) is 15.1 Å². The molecule has 0 aliphatic heterocycles. The Morgan fingerprint density at radius 3 is 2.83 bits per heavy atom. The topological polar surface area (TPSA) is 91.8 Å². The van der Waals surface area contributed by atoms with Gasteiger partial charge in [0.05, 0.1) is 6.20 Å². The summed E-state index contributed by atoms with van der Waals surface area (Å²) in [5.74, 6) is 0.275. The zero-order valence-corrected chi connectivity index (χ0v) is 9.89. The Labute approximate surface area is 103 Å². The molecule has 0 aromatic carbocycles. The van der Waals surface area contributed by atoms with Crippen LogP contribution in [0.5, 0.6) is 0 Å². The van der Waals surface area contributed by atoms with Gasteiger partial charge in [0, 0.05) is 18.0 Å². The summed E-state index contributed by atoms with van der Waals surface area (Å²) in [6, 6.07) is 2.00. The SMILES string of the molecule is Cc1oc(NC(=O)c2cnccn2)c(C#N)c1C. The van der Waals surface area contributed by atoms with Crippen LogP contribution in [-0.2, 0) is 0 Å². The minimum absolute atomic E-state index is 0.142. The molecule has 0 saturated heterocycles. The van der Waals surface area contributed by atoms with Gasteiger partial charge < -0.3 is 4.42 Å². The summed E-state index contributed by atoms with van der Waals surface area (Å²) in [5, 5.41) is 11.5. The van der Waals surface area contributed by atoms with Crippen molar-refractivity contribution in [1.29, 1.82) is 5.26 Å². The second kappa shape index (κ2) is 4.67. The molecule has 90 valence electrons. The lowest BCUT2D eigenvalue weighted by molar-refractivity contribution is 0.101. The van der Waals surface area contributed by atoms with Gasteiger partial charge in [-0.05, 0) is 13.8 Å². The van der Waals surface area contributed by atoms with Gasteiger partial charge in [0.2, 0.25) is 5.88 Å². The standard InChI is InChI=1S/C12H10N4O2/c1-7-8(2)18-12(9(7)5-13)16-11(17)10-6-14-3-4-15-10/h3-4,6H,1-2H3,(H,16,17). The van der Waals surface area contributed by atoms with E-state index in [-0.39, 0.29) is 11.6 Å². The lowest BCUT2D eigenvalue weighted by Crippen LogP contribution is -2.14. The van der Waals surface area contributed by atoms with Crippen LogP contribution in [0.4, 0.5) is 5.88 Å². The predicted molar refractivity (Wildman–Crippen MR) is 62.9 cm³/mol. The molecule has 18 heavy (non-hydrogen) atoms. The summed E-state index contributed by atoms with van der Waals surface area (Å²) in [4.78, 5) is 19.5. The zero-order valence-electron chi connectivity index (χ0n) is 9.89. The molecule has 2 aromatic rings. The summed E-state index contributed by atoms with van der Waals surface area (Å²) in [7, 11) is 0. The van der Waals surface area contributed by atoms with Crippen LogP contribution in [0.3, 0.4) is 0 Å². The number of rotatable bonds is 2. The van der Waals surface area contributed by atoms with E-state index in [4.69, 9.17) is 9.68 Å². The number of nitriles is 1. The van der Waals surface area contributed by atoms with Crippen molar-refractivity contribution < 1.29 is 9.21 Å². The predicted octanol–water partition coefficient (Wildman–Crippen LogP) is 1.81. The van der Waals surface area contributed by atoms with Crippen molar-refractivity contribution in [3.05, 3.63) is 41.2 Å². The van der Waals surface area contributed by atoms with E-state index in [1.807, 2.05) is 6.07 Å². The van der Waals surface area contributed by atoms with E-state index < -0.39 is 5.91 Å². The Hall–Kier alpha value is -2.68. The number of carbonyl (C=O) groups excluding carboxylic acids is 1. The number of aryl methyl sites for hydroxylation is 1. The highest BCUT2D eigenvalue weighted by Crippen LogP contribution is 2.25. The Morgan fingerprint density at radius 2 is 2.22 bits per heavy atom. The van der Waals surface area contributed by atoms with Crippen molar-refractivity contribution in [3.63, 3.8) is 0 Å². The monoisotopic (exact) mass is 242 g/mol. The third-order valence-corrected chi connectivity index (χ3v) is 2.52. The van der Waals surface area contributed by atoms with E-state index in [1.54, 1.807) is 13.8 Å². The maximum absolute atomic E-state index is 11.8. The smallest absolute Gasteiger partial charge is 0.278 e. The first kappa shape index (κ1) is 11.8. The highest BCUT2D eigenvalue weighted by molar-refractivity contribution is 6.02. The number of nitrogens with zero attached hydrogens (tertiary/aromatic N) is 3. The molecule has 2 heterocycles. The molecule has 0 aliphatic rings. The molecule has 1 amide bonds. The Morgan fingerprint density at radius 1 is 1.44 bits per heavy atom. The molecule has 0 spiro atoms. The van der Waals surface area contributed by atoms with E-state index >= 15 is 0 Å². The molecule has 0 aliphatic carbocycles. The molecule has 6 heteroatoms. The van der Waals surface area contributed by atoms with Gasteiger partial charge in [-0.15, -0.1) is 0 Å². The van der Waals surface area contributed by atoms with Gasteiger partial charge in [-0.1, -0.05) is 0 Å². The number of nitrogens with one attached hydrogen (secondary N) is 1. The minimum Gasteiger partial charge on any atom is -0.444 e. The number of aromatic nitrogens is 2. The molecule has 0 bridgehead atoms. The van der Waals surface area contributed by atoms with Crippen molar-refractivity contribution in [2.24, 2.45) is 0 Å². The van der Waals surface area contributed by atoms with Crippen LogP contribution in [0, 0.1) is 25.2 Å². The summed E-state index contributed by atoms with van der Waals surface area (Å²) in [6.07, 6.45) is 4.22. The van der Waals surface area contributed by atoms with Gasteiger partial charge in [0.1, 0.15) is 23.1 Å². The molecule has 0 saturated carbocycles. The molecule has 2 aromatic heterocycles. The molecule has 0 unspecified atom stereocenters. The first-order valence-corrected chi connectivity index (χ1v) is 5.21. The lowest BCUT2D eigenvalue weighted by atomic mass is 10.2. The fourth-order valence-corrected chi connectivity index (χ4v) is 1.43. The highest BCUT2D eigenvalue weighted by atomic mass is 16.4. The molecular formula is C12H10N4O2. The van der Waals surface area contributed by atoms with Crippen LogP contribution >= 0.6 is 0 Å². The summed E-state index contributed by atoms with van der Waals surface area (Å²) < 4.78 is 5.33. The van der Waals surface area contributed by atoms with Gasteiger partial charge in [-0.25, -0.2) is 4.98 Å². The van der Waals surface area contributed by atoms with Crippen LogP contribution in [0.2, 0.25) is 0 Å². The fourth-order valence-electron chi connectivity index (χ4n) is 1.43. The van der Waals surface area contributed by atoms with Crippen LogP contribution in [0.1, 0.15) is 27.4 Å². The number of carbonyl (C=O) groups is 1. The maximum Gasteiger partial charge on any atom is 0.278 e. The molecular weight excluding hydrogens is 232 g/mol. The molecule has 1 N–H and O–H groups in total. The Bertz CT molecular complexity index is 626. The van der Waals surface area contributed by atoms with Gasteiger partial charge in [0.15, 0.2) is 0 Å². The molecule has 0 radical (unpaired) electrons. The van der Waals surface area contributed by atoms with E-state index in [0.29, 0.717) is 16.9 Å². The van der Waals surface area contributed by atoms with Crippen molar-refractivity contribution in [3.8, 4) is 6.07 Å². The molecule has 0 fully saturated rings. The third-order valence-electron chi connectivity index (χ3n) is 2.52. The van der Waals surface area contributed by atoms with Gasteiger partial charge in [-0.2, -0.15) is 5.26 Å². The second-order valence-electron chi connectivity index (χ2n) is 3.64. The van der Waals surface area contributed by atoms with Crippen molar-refractivity contribution in [1.82, 2.24) is 9.97 Å². The van der Waals surface area contributed by atoms with Gasteiger partial charge >= 0.3 is 0 Å². The van der Waals surface area contributed by atoms with Crippen molar-refractivity contribution in [2.75, 3.05) is 5.32 Å². The van der Waals surface area contributed by atoms with Crippen LogP contribution in [0.15, 0.2) is 23.0 Å². The third kappa shape index (κ3) is 2.06. The van der Waals surface area contributed by atoms with Gasteiger partial charge in [0.25, 0.3) is 5.91 Å². The van der Waals surface area contributed by atoms with Crippen molar-refractivity contribution >= 4 is 11.8 Å². The first-order chi connectivity index (χ1) is 8.63. The quantitative estimate of drug-likeness (QED) is 0.866. The summed E-state index contributed by atoms with van der Waals surface area (Å²) in [6.45, 7) is 3.49. The highest BCUT2D eigenvalue weighted by Gasteiger charge is 2.17. The molecule has 2 rings (SSSR count). The second-order valence-corrected chi connectivity index (χ2v) is 3.64. The summed E-state index contributed by atoms with van der Waals surface area (Å²) in [5.41, 5.74) is 1.20. The average molecular weight is 242 g/mol. The van der Waals surface area contributed by atoms with E-state index in [1.165, 1.54) is 18.6 Å². The number of hydrogen-bond acceptors (Lipinski definition) is 5. The van der Waals surface area contributed by atoms with E-state index in [0.717, 1.165) is 0 Å². The number of anilines is 1. The van der Waals surface area contributed by atoms with Crippen LogP contribution in [-0.4, -0.2) is 15.9 Å². The number of furan rings is 1. The molecule has 0 atom stereocenters. The van der Waals surface area contributed by atoms with Crippen LogP contribution in [0.25, 0.3) is 0 Å². The normalized spacial score (nSPS) is 9.83. The lowest BCUT2D eigenvalue weighted by Gasteiger charge is -2.00. The fraction of sp³-hybridized carbons (Fsp3) is 0.167. The summed E-state index contributed by atoms with van der Waals surface area (Å²) >= 11 is 0. The zero-order chi connectivity index (χ0) is 13.1. The number of hydrogen-bond donors (Lipinski definition) is 1. The Kier molecular flexibility index (Phi) is 3.06. The van der Waals surface area contributed by atoms with Crippen LogP contribution < -0.4 is 5.32 Å². The first-order valence-electron chi connectivity index (χ1n) is 5.21. The average Bonchev–Trinajstić information content (AvgIpc) is 2.65. The number of amides is 1.